The minimum atomic E-state index is -0.254. The minimum Gasteiger partial charge on any atom is -0.492 e. The Bertz CT molecular complexity index is 453. The van der Waals surface area contributed by atoms with Gasteiger partial charge in [0, 0.05) is 0 Å². The molecule has 0 unspecified atom stereocenters. The lowest BCUT2D eigenvalue weighted by atomic mass is 9.76. The van der Waals surface area contributed by atoms with Gasteiger partial charge in [-0.2, -0.15) is 5.26 Å². The van der Waals surface area contributed by atoms with Gasteiger partial charge >= 0.3 is 0 Å². The van der Waals surface area contributed by atoms with Crippen LogP contribution in [0.15, 0.2) is 18.2 Å². The van der Waals surface area contributed by atoms with Crippen LogP contribution < -0.4 is 4.74 Å². The Morgan fingerprint density at radius 3 is 2.56 bits per heavy atom. The lowest BCUT2D eigenvalue weighted by Crippen LogP contribution is -2.29. The first-order valence-electron chi connectivity index (χ1n) is 6.77. The van der Waals surface area contributed by atoms with E-state index < -0.39 is 0 Å². The summed E-state index contributed by atoms with van der Waals surface area (Å²) < 4.78 is 5.90. The van der Waals surface area contributed by atoms with E-state index in [1.807, 2.05) is 6.07 Å². The van der Waals surface area contributed by atoms with Gasteiger partial charge in [-0.15, -0.1) is 0 Å². The second-order valence-electron chi connectivity index (χ2n) is 5.51. The predicted octanol–water partition coefficient (Wildman–Crippen LogP) is 4.16. The smallest absolute Gasteiger partial charge is 0.122 e. The molecular formula is C16H21NO. The average molecular weight is 243 g/mol. The van der Waals surface area contributed by atoms with Gasteiger partial charge in [-0.05, 0) is 38.3 Å². The molecule has 1 aromatic carbocycles. The van der Waals surface area contributed by atoms with Crippen LogP contribution in [0.1, 0.15) is 43.2 Å². The van der Waals surface area contributed by atoms with Crippen molar-refractivity contribution in [1.29, 1.82) is 5.26 Å². The molecule has 0 spiro atoms. The van der Waals surface area contributed by atoms with Gasteiger partial charge in [-0.25, -0.2) is 0 Å². The number of hydrogen-bond donors (Lipinski definition) is 0. The van der Waals surface area contributed by atoms with Crippen molar-refractivity contribution < 1.29 is 4.74 Å². The molecule has 1 aliphatic rings. The molecule has 0 aliphatic heterocycles. The molecule has 2 heteroatoms. The number of benzene rings is 1. The fourth-order valence-electron chi connectivity index (χ4n) is 2.69. The van der Waals surface area contributed by atoms with Crippen molar-refractivity contribution in [3.05, 3.63) is 29.3 Å². The van der Waals surface area contributed by atoms with E-state index in [0.29, 0.717) is 6.61 Å². The summed E-state index contributed by atoms with van der Waals surface area (Å²) in [7, 11) is 0. The highest BCUT2D eigenvalue weighted by molar-refractivity contribution is 5.35. The first-order valence-corrected chi connectivity index (χ1v) is 6.77. The largest absolute Gasteiger partial charge is 0.492 e. The third-order valence-electron chi connectivity index (χ3n) is 3.88. The Morgan fingerprint density at radius 2 is 1.94 bits per heavy atom. The molecule has 0 radical (unpaired) electrons. The Kier molecular flexibility index (Phi) is 3.91. The summed E-state index contributed by atoms with van der Waals surface area (Å²) in [5.74, 6) is 0.917. The van der Waals surface area contributed by atoms with E-state index in [0.717, 1.165) is 37.0 Å². The van der Waals surface area contributed by atoms with E-state index in [-0.39, 0.29) is 5.41 Å². The van der Waals surface area contributed by atoms with Gasteiger partial charge in [0.15, 0.2) is 0 Å². The van der Waals surface area contributed by atoms with Gasteiger partial charge in [0.05, 0.1) is 11.5 Å². The number of nitrogens with zero attached hydrogens (tertiary/aromatic N) is 1. The molecule has 1 aromatic rings. The van der Waals surface area contributed by atoms with Gasteiger partial charge in [0.1, 0.15) is 12.4 Å². The molecule has 0 saturated heterocycles. The molecule has 0 amide bonds. The molecule has 18 heavy (non-hydrogen) atoms. The zero-order valence-electron chi connectivity index (χ0n) is 11.3. The molecule has 0 N–H and O–H groups in total. The third kappa shape index (κ3) is 2.85. The van der Waals surface area contributed by atoms with E-state index in [1.54, 1.807) is 0 Å². The van der Waals surface area contributed by atoms with Crippen LogP contribution in [0.2, 0.25) is 0 Å². The summed E-state index contributed by atoms with van der Waals surface area (Å²) in [4.78, 5) is 0. The van der Waals surface area contributed by atoms with Crippen molar-refractivity contribution in [1.82, 2.24) is 0 Å². The first kappa shape index (κ1) is 13.0. The van der Waals surface area contributed by atoms with Crippen molar-refractivity contribution >= 4 is 0 Å². The lowest BCUT2D eigenvalue weighted by molar-refractivity contribution is 0.150. The summed E-state index contributed by atoms with van der Waals surface area (Å²) in [6.45, 7) is 4.67. The molecule has 96 valence electrons. The maximum absolute atomic E-state index is 9.40. The Hall–Kier alpha value is -1.49. The summed E-state index contributed by atoms with van der Waals surface area (Å²) in [6.07, 6.45) is 5.53. The Labute approximate surface area is 110 Å². The zero-order chi connectivity index (χ0) is 13.0. The first-order chi connectivity index (χ1) is 8.65. The number of nitriles is 1. The molecule has 1 fully saturated rings. The standard InChI is InChI=1S/C16H21NO/c1-13-6-7-15(14(2)10-13)18-12-16(11-17)8-4-3-5-9-16/h6-7,10H,3-5,8-9,12H2,1-2H3. The second-order valence-corrected chi connectivity index (χ2v) is 5.51. The van der Waals surface area contributed by atoms with Crippen LogP contribution in [0.25, 0.3) is 0 Å². The van der Waals surface area contributed by atoms with Gasteiger partial charge in [0.2, 0.25) is 0 Å². The third-order valence-corrected chi connectivity index (χ3v) is 3.88. The average Bonchev–Trinajstić information content (AvgIpc) is 2.39. The lowest BCUT2D eigenvalue weighted by Gasteiger charge is -2.30. The fraction of sp³-hybridized carbons (Fsp3) is 0.562. The number of ether oxygens (including phenoxy) is 1. The van der Waals surface area contributed by atoms with Crippen molar-refractivity contribution in [3.63, 3.8) is 0 Å². The van der Waals surface area contributed by atoms with Crippen LogP contribution in [-0.4, -0.2) is 6.61 Å². The molecule has 0 bridgehead atoms. The van der Waals surface area contributed by atoms with E-state index in [2.05, 4.69) is 32.0 Å². The fourth-order valence-corrected chi connectivity index (χ4v) is 2.69. The highest BCUT2D eigenvalue weighted by Gasteiger charge is 2.33. The van der Waals surface area contributed by atoms with Crippen molar-refractivity contribution in [2.45, 2.75) is 46.0 Å². The monoisotopic (exact) mass is 243 g/mol. The van der Waals surface area contributed by atoms with Crippen molar-refractivity contribution in [3.8, 4) is 11.8 Å². The highest BCUT2D eigenvalue weighted by Crippen LogP contribution is 2.36. The van der Waals surface area contributed by atoms with Crippen LogP contribution in [0.4, 0.5) is 0 Å². The van der Waals surface area contributed by atoms with Crippen LogP contribution in [-0.2, 0) is 0 Å². The number of hydrogen-bond acceptors (Lipinski definition) is 2. The molecule has 1 saturated carbocycles. The van der Waals surface area contributed by atoms with E-state index >= 15 is 0 Å². The van der Waals surface area contributed by atoms with Gasteiger partial charge < -0.3 is 4.74 Å². The molecule has 0 aromatic heterocycles. The summed E-state index contributed by atoms with van der Waals surface area (Å²) in [5, 5.41) is 9.40. The van der Waals surface area contributed by atoms with E-state index in [4.69, 9.17) is 4.74 Å². The maximum atomic E-state index is 9.40. The zero-order valence-corrected chi connectivity index (χ0v) is 11.3. The second kappa shape index (κ2) is 5.44. The van der Waals surface area contributed by atoms with Crippen LogP contribution in [0.5, 0.6) is 5.75 Å². The minimum absolute atomic E-state index is 0.254. The van der Waals surface area contributed by atoms with Gasteiger partial charge in [0.25, 0.3) is 0 Å². The molecule has 2 nitrogen and oxygen atoms in total. The molecule has 0 heterocycles. The molecular weight excluding hydrogens is 222 g/mol. The van der Waals surface area contributed by atoms with Crippen molar-refractivity contribution in [2.24, 2.45) is 5.41 Å². The van der Waals surface area contributed by atoms with E-state index in [9.17, 15) is 5.26 Å². The molecule has 1 aliphatic carbocycles. The van der Waals surface area contributed by atoms with Gasteiger partial charge in [-0.1, -0.05) is 37.0 Å². The van der Waals surface area contributed by atoms with Crippen LogP contribution in [0, 0.1) is 30.6 Å². The highest BCUT2D eigenvalue weighted by atomic mass is 16.5. The summed E-state index contributed by atoms with van der Waals surface area (Å²) in [5.41, 5.74) is 2.14. The number of rotatable bonds is 3. The normalized spacial score (nSPS) is 18.1. The van der Waals surface area contributed by atoms with Gasteiger partial charge in [-0.3, -0.25) is 0 Å². The summed E-state index contributed by atoms with van der Waals surface area (Å²) in [6, 6.07) is 8.68. The molecule has 0 atom stereocenters. The van der Waals surface area contributed by atoms with Crippen LogP contribution >= 0.6 is 0 Å². The van der Waals surface area contributed by atoms with Crippen molar-refractivity contribution in [2.75, 3.05) is 6.61 Å². The molecule has 2 rings (SSSR count). The quantitative estimate of drug-likeness (QED) is 0.798. The SMILES string of the molecule is Cc1ccc(OCC2(C#N)CCCCC2)c(C)c1. The Morgan fingerprint density at radius 1 is 1.22 bits per heavy atom. The predicted molar refractivity (Wildman–Crippen MR) is 72.5 cm³/mol. The maximum Gasteiger partial charge on any atom is 0.122 e. The topological polar surface area (TPSA) is 33.0 Å². The van der Waals surface area contributed by atoms with E-state index in [1.165, 1.54) is 12.0 Å². The Balaban J connectivity index is 2.04. The number of aryl methyl sites for hydroxylation is 2. The van der Waals surface area contributed by atoms with Crippen LogP contribution in [0.3, 0.4) is 0 Å². The summed E-state index contributed by atoms with van der Waals surface area (Å²) >= 11 is 0.